The fraction of sp³-hybridized carbons (Fsp3) is 0.250. The zero-order chi connectivity index (χ0) is 13.0. The largest absolute Gasteiger partial charge is 0.390 e. The van der Waals surface area contributed by atoms with Gasteiger partial charge in [0.2, 0.25) is 0 Å². The van der Waals surface area contributed by atoms with Crippen LogP contribution in [0.4, 0.5) is 0 Å². The first-order valence-electron chi connectivity index (χ1n) is 5.38. The molecule has 2 aromatic rings. The van der Waals surface area contributed by atoms with E-state index in [1.165, 1.54) is 4.68 Å². The van der Waals surface area contributed by atoms with Crippen LogP contribution >= 0.6 is 11.6 Å². The second kappa shape index (κ2) is 5.63. The molecule has 0 aliphatic heterocycles. The van der Waals surface area contributed by atoms with Gasteiger partial charge in [-0.15, -0.1) is 5.10 Å². The van der Waals surface area contributed by atoms with E-state index < -0.39 is 0 Å². The molecule has 5 nitrogen and oxygen atoms in total. The van der Waals surface area contributed by atoms with Crippen molar-refractivity contribution >= 4 is 11.6 Å². The number of benzene rings is 1. The summed E-state index contributed by atoms with van der Waals surface area (Å²) in [6.45, 7) is -0.0652. The van der Waals surface area contributed by atoms with Crippen molar-refractivity contribution in [2.24, 2.45) is 0 Å². The monoisotopic (exact) mass is 262 g/mol. The molecule has 0 spiro atoms. The molecule has 0 aliphatic carbocycles. The van der Waals surface area contributed by atoms with Gasteiger partial charge in [-0.25, -0.2) is 4.68 Å². The van der Waals surface area contributed by atoms with E-state index in [1.807, 2.05) is 18.2 Å². The van der Waals surface area contributed by atoms with Crippen molar-refractivity contribution in [3.8, 4) is 6.07 Å². The van der Waals surface area contributed by atoms with Gasteiger partial charge in [0.1, 0.15) is 12.2 Å². The third kappa shape index (κ3) is 2.67. The SMILES string of the molecule is N#CCn1nnc(CO)c1Cc1ccc(Cl)cc1. The van der Waals surface area contributed by atoms with E-state index in [9.17, 15) is 5.11 Å². The molecule has 1 aromatic heterocycles. The Morgan fingerprint density at radius 1 is 1.33 bits per heavy atom. The molecule has 1 heterocycles. The molecule has 0 fully saturated rings. The van der Waals surface area contributed by atoms with E-state index in [1.54, 1.807) is 12.1 Å². The summed E-state index contributed by atoms with van der Waals surface area (Å²) in [5.41, 5.74) is 2.28. The zero-order valence-corrected chi connectivity index (χ0v) is 10.3. The Hall–Kier alpha value is -1.90. The van der Waals surface area contributed by atoms with E-state index in [-0.39, 0.29) is 13.2 Å². The van der Waals surface area contributed by atoms with Crippen molar-refractivity contribution in [1.82, 2.24) is 15.0 Å². The van der Waals surface area contributed by atoms with Gasteiger partial charge in [-0.3, -0.25) is 0 Å². The molecule has 0 atom stereocenters. The highest BCUT2D eigenvalue weighted by Crippen LogP contribution is 2.15. The number of nitriles is 1. The van der Waals surface area contributed by atoms with Crippen LogP contribution in [0.2, 0.25) is 5.02 Å². The predicted molar refractivity (Wildman–Crippen MR) is 65.8 cm³/mol. The number of aliphatic hydroxyl groups is 1. The molecule has 92 valence electrons. The Bertz CT molecular complexity index is 571. The Balaban J connectivity index is 2.29. The molecular formula is C12H11ClN4O. The molecule has 0 unspecified atom stereocenters. The third-order valence-corrected chi connectivity index (χ3v) is 2.83. The number of aliphatic hydroxyl groups excluding tert-OH is 1. The van der Waals surface area contributed by atoms with Gasteiger partial charge in [-0.2, -0.15) is 5.26 Å². The van der Waals surface area contributed by atoms with Crippen molar-refractivity contribution in [3.63, 3.8) is 0 Å². The first-order valence-corrected chi connectivity index (χ1v) is 5.76. The summed E-state index contributed by atoms with van der Waals surface area (Å²) in [5.74, 6) is 0. The Kier molecular flexibility index (Phi) is 3.92. The summed E-state index contributed by atoms with van der Waals surface area (Å²) in [4.78, 5) is 0. The molecule has 0 amide bonds. The normalized spacial score (nSPS) is 10.3. The van der Waals surface area contributed by atoms with Gasteiger partial charge in [-0.1, -0.05) is 28.9 Å². The summed E-state index contributed by atoms with van der Waals surface area (Å²) in [6.07, 6.45) is 0.557. The van der Waals surface area contributed by atoms with Crippen LogP contribution in [0.3, 0.4) is 0 Å². The average Bonchev–Trinajstić information content (AvgIpc) is 2.75. The van der Waals surface area contributed by atoms with Crippen LogP contribution in [0.25, 0.3) is 0 Å². The average molecular weight is 263 g/mol. The van der Waals surface area contributed by atoms with E-state index in [0.717, 1.165) is 11.3 Å². The second-order valence-electron chi connectivity index (χ2n) is 3.76. The van der Waals surface area contributed by atoms with Crippen molar-refractivity contribution in [2.45, 2.75) is 19.6 Å². The summed E-state index contributed by atoms with van der Waals surface area (Å²) in [6, 6.07) is 9.41. The number of rotatable bonds is 4. The molecular weight excluding hydrogens is 252 g/mol. The molecule has 0 radical (unpaired) electrons. The van der Waals surface area contributed by atoms with Crippen LogP contribution in [0, 0.1) is 11.3 Å². The highest BCUT2D eigenvalue weighted by molar-refractivity contribution is 6.30. The van der Waals surface area contributed by atoms with Crippen molar-refractivity contribution in [1.29, 1.82) is 5.26 Å². The predicted octanol–water partition coefficient (Wildman–Crippen LogP) is 1.54. The van der Waals surface area contributed by atoms with Gasteiger partial charge in [0.05, 0.1) is 18.4 Å². The zero-order valence-electron chi connectivity index (χ0n) is 9.54. The van der Waals surface area contributed by atoms with Gasteiger partial charge in [0, 0.05) is 11.4 Å². The topological polar surface area (TPSA) is 74.7 Å². The first kappa shape index (κ1) is 12.6. The smallest absolute Gasteiger partial charge is 0.130 e. The fourth-order valence-electron chi connectivity index (χ4n) is 1.67. The standard InChI is InChI=1S/C12H11ClN4O/c13-10-3-1-9(2-4-10)7-12-11(8-18)15-16-17(12)6-5-14/h1-4,18H,6-8H2. The fourth-order valence-corrected chi connectivity index (χ4v) is 1.80. The lowest BCUT2D eigenvalue weighted by molar-refractivity contribution is 0.275. The van der Waals surface area contributed by atoms with Gasteiger partial charge in [0.15, 0.2) is 0 Å². The van der Waals surface area contributed by atoms with Crippen LogP contribution in [0.1, 0.15) is 17.0 Å². The number of hydrogen-bond donors (Lipinski definition) is 1. The minimum absolute atomic E-state index is 0.121. The van der Waals surface area contributed by atoms with Gasteiger partial charge >= 0.3 is 0 Å². The van der Waals surface area contributed by atoms with E-state index >= 15 is 0 Å². The van der Waals surface area contributed by atoms with Crippen molar-refractivity contribution in [2.75, 3.05) is 0 Å². The van der Waals surface area contributed by atoms with Crippen molar-refractivity contribution in [3.05, 3.63) is 46.2 Å². The lowest BCUT2D eigenvalue weighted by Crippen LogP contribution is -2.06. The molecule has 0 saturated heterocycles. The van der Waals surface area contributed by atoms with E-state index in [0.29, 0.717) is 17.1 Å². The van der Waals surface area contributed by atoms with Gasteiger partial charge in [-0.05, 0) is 17.7 Å². The van der Waals surface area contributed by atoms with Gasteiger partial charge < -0.3 is 5.11 Å². The molecule has 18 heavy (non-hydrogen) atoms. The molecule has 0 saturated carbocycles. The minimum Gasteiger partial charge on any atom is -0.390 e. The van der Waals surface area contributed by atoms with Crippen LogP contribution in [-0.2, 0) is 19.6 Å². The third-order valence-electron chi connectivity index (χ3n) is 2.57. The quantitative estimate of drug-likeness (QED) is 0.907. The highest BCUT2D eigenvalue weighted by atomic mass is 35.5. The summed E-state index contributed by atoms with van der Waals surface area (Å²) >= 11 is 5.82. The van der Waals surface area contributed by atoms with E-state index in [2.05, 4.69) is 10.3 Å². The number of nitrogens with zero attached hydrogens (tertiary/aromatic N) is 4. The van der Waals surface area contributed by atoms with Crippen LogP contribution in [0.15, 0.2) is 24.3 Å². The Labute approximate surface area is 109 Å². The number of halogens is 1. The maximum atomic E-state index is 9.20. The van der Waals surface area contributed by atoms with Crippen LogP contribution in [-0.4, -0.2) is 20.1 Å². The number of hydrogen-bond acceptors (Lipinski definition) is 4. The molecule has 6 heteroatoms. The van der Waals surface area contributed by atoms with Crippen LogP contribution < -0.4 is 0 Å². The number of aromatic nitrogens is 3. The summed E-state index contributed by atoms with van der Waals surface area (Å²) in [7, 11) is 0. The minimum atomic E-state index is -0.186. The molecule has 2 rings (SSSR count). The highest BCUT2D eigenvalue weighted by Gasteiger charge is 2.12. The molecule has 0 aliphatic rings. The van der Waals surface area contributed by atoms with Crippen LogP contribution in [0.5, 0.6) is 0 Å². The lowest BCUT2D eigenvalue weighted by atomic mass is 10.1. The van der Waals surface area contributed by atoms with Crippen molar-refractivity contribution < 1.29 is 5.11 Å². The second-order valence-corrected chi connectivity index (χ2v) is 4.20. The van der Waals surface area contributed by atoms with Gasteiger partial charge in [0.25, 0.3) is 0 Å². The Morgan fingerprint density at radius 2 is 2.06 bits per heavy atom. The maximum Gasteiger partial charge on any atom is 0.130 e. The summed E-state index contributed by atoms with van der Waals surface area (Å²) < 4.78 is 1.50. The van der Waals surface area contributed by atoms with E-state index in [4.69, 9.17) is 16.9 Å². The first-order chi connectivity index (χ1) is 8.74. The summed E-state index contributed by atoms with van der Waals surface area (Å²) in [5, 5.41) is 26.3. The Morgan fingerprint density at radius 3 is 2.67 bits per heavy atom. The molecule has 1 N–H and O–H groups in total. The molecule has 1 aromatic carbocycles. The lowest BCUT2D eigenvalue weighted by Gasteiger charge is -2.04. The molecule has 0 bridgehead atoms. The maximum absolute atomic E-state index is 9.20.